The summed E-state index contributed by atoms with van der Waals surface area (Å²) in [6, 6.07) is 1.80. The van der Waals surface area contributed by atoms with E-state index in [2.05, 4.69) is 35.4 Å². The third-order valence-corrected chi connectivity index (χ3v) is 3.94. The zero-order valence-corrected chi connectivity index (χ0v) is 17.7. The first kappa shape index (κ1) is 23.7. The molecule has 0 atom stereocenters. The fourth-order valence-electron chi connectivity index (χ4n) is 2.59. The van der Waals surface area contributed by atoms with Crippen molar-refractivity contribution in [3.63, 3.8) is 0 Å². The number of nitrogens with one attached hydrogen (secondary N) is 2. The summed E-state index contributed by atoms with van der Waals surface area (Å²) in [4.78, 5) is 16.9. The van der Waals surface area contributed by atoms with Gasteiger partial charge in [-0.2, -0.15) is 13.2 Å². The third-order valence-electron chi connectivity index (χ3n) is 3.94. The van der Waals surface area contributed by atoms with Gasteiger partial charge < -0.3 is 15.5 Å². The molecule has 1 aliphatic rings. The second-order valence-corrected chi connectivity index (χ2v) is 5.93. The molecule has 2 N–H and O–H groups in total. The average molecular weight is 501 g/mol. The fourth-order valence-corrected chi connectivity index (χ4v) is 2.59. The number of aromatic nitrogens is 2. The Labute approximate surface area is 174 Å². The van der Waals surface area contributed by atoms with Gasteiger partial charge in [0.2, 0.25) is 5.95 Å². The van der Waals surface area contributed by atoms with Crippen LogP contribution in [0.3, 0.4) is 0 Å². The number of piperazine rings is 1. The van der Waals surface area contributed by atoms with Crippen LogP contribution in [0.5, 0.6) is 0 Å². The zero-order valence-electron chi connectivity index (χ0n) is 15.4. The molecular weight excluding hydrogens is 474 g/mol. The highest BCUT2D eigenvalue weighted by Crippen LogP contribution is 2.18. The van der Waals surface area contributed by atoms with Crippen LogP contribution in [0.2, 0.25) is 0 Å². The van der Waals surface area contributed by atoms with Crippen LogP contribution in [0.25, 0.3) is 0 Å². The molecule has 0 radical (unpaired) electrons. The van der Waals surface area contributed by atoms with Gasteiger partial charge in [-0.05, 0) is 13.0 Å². The predicted molar refractivity (Wildman–Crippen MR) is 111 cm³/mol. The number of guanidine groups is 1. The van der Waals surface area contributed by atoms with E-state index in [-0.39, 0.29) is 30.5 Å². The van der Waals surface area contributed by atoms with Crippen LogP contribution >= 0.6 is 24.0 Å². The summed E-state index contributed by atoms with van der Waals surface area (Å²) >= 11 is 0. The van der Waals surface area contributed by atoms with Gasteiger partial charge in [0.15, 0.2) is 5.96 Å². The summed E-state index contributed by atoms with van der Waals surface area (Å²) in [7, 11) is 0. The van der Waals surface area contributed by atoms with E-state index in [1.807, 2.05) is 6.92 Å². The highest BCUT2D eigenvalue weighted by molar-refractivity contribution is 14.0. The maximum absolute atomic E-state index is 12.2. The van der Waals surface area contributed by atoms with E-state index in [9.17, 15) is 13.2 Å². The first-order valence-electron chi connectivity index (χ1n) is 8.81. The molecule has 0 amide bonds. The Balaban J connectivity index is 0.00000364. The number of hydrogen-bond acceptors (Lipinski definition) is 5. The maximum atomic E-state index is 12.2. The topological polar surface area (TPSA) is 68.7 Å². The molecule has 2 heterocycles. The molecule has 0 unspecified atom stereocenters. The number of anilines is 1. The first-order chi connectivity index (χ1) is 12.5. The maximum Gasteiger partial charge on any atom is 0.390 e. The third kappa shape index (κ3) is 9.40. The predicted octanol–water partition coefficient (Wildman–Crippen LogP) is 1.72. The van der Waals surface area contributed by atoms with E-state index < -0.39 is 12.6 Å². The number of alkyl halides is 3. The lowest BCUT2D eigenvalue weighted by atomic mass is 10.3. The standard InChI is InChI=1S/C16H26F3N7.HI/c1-2-20-14(21-7-4-16(17,18)19)22-8-9-25-10-12-26(13-11-25)15-23-5-3-6-24-15;/h3,5-6H,2,4,7-13H2,1H3,(H2,20,21,22);1H. The minimum atomic E-state index is -4.18. The molecule has 27 heavy (non-hydrogen) atoms. The van der Waals surface area contributed by atoms with Gasteiger partial charge in [-0.15, -0.1) is 24.0 Å². The van der Waals surface area contributed by atoms with Crippen molar-refractivity contribution < 1.29 is 13.2 Å². The lowest BCUT2D eigenvalue weighted by Gasteiger charge is -2.34. The van der Waals surface area contributed by atoms with Crippen LogP contribution in [0.4, 0.5) is 19.1 Å². The van der Waals surface area contributed by atoms with Crippen LogP contribution < -0.4 is 15.5 Å². The number of aliphatic imine (C=N–C) groups is 1. The second kappa shape index (κ2) is 12.2. The van der Waals surface area contributed by atoms with Crippen molar-refractivity contribution in [2.45, 2.75) is 19.5 Å². The Morgan fingerprint density at radius 2 is 1.81 bits per heavy atom. The summed E-state index contributed by atoms with van der Waals surface area (Å²) in [5, 5.41) is 6.05. The molecule has 1 aliphatic heterocycles. The van der Waals surface area contributed by atoms with E-state index in [1.54, 1.807) is 18.5 Å². The van der Waals surface area contributed by atoms with Crippen molar-refractivity contribution in [1.29, 1.82) is 0 Å². The highest BCUT2D eigenvalue weighted by atomic mass is 127. The Morgan fingerprint density at radius 3 is 2.41 bits per heavy atom. The summed E-state index contributed by atoms with van der Waals surface area (Å²) < 4.78 is 36.6. The quantitative estimate of drug-likeness (QED) is 0.337. The van der Waals surface area contributed by atoms with Crippen LogP contribution in [0.1, 0.15) is 13.3 Å². The van der Waals surface area contributed by atoms with Gasteiger partial charge in [-0.3, -0.25) is 9.89 Å². The van der Waals surface area contributed by atoms with Crippen LogP contribution in [0, 0.1) is 0 Å². The summed E-state index contributed by atoms with van der Waals surface area (Å²) in [5.74, 6) is 1.17. The van der Waals surface area contributed by atoms with Crippen molar-refractivity contribution in [3.8, 4) is 0 Å². The Hall–Kier alpha value is -1.37. The van der Waals surface area contributed by atoms with Crippen molar-refractivity contribution >= 4 is 35.9 Å². The molecule has 7 nitrogen and oxygen atoms in total. The normalized spacial score (nSPS) is 16.0. The van der Waals surface area contributed by atoms with Gasteiger partial charge in [0.1, 0.15) is 0 Å². The van der Waals surface area contributed by atoms with Crippen LogP contribution in [-0.2, 0) is 0 Å². The van der Waals surface area contributed by atoms with Gasteiger partial charge in [0.25, 0.3) is 0 Å². The lowest BCUT2D eigenvalue weighted by molar-refractivity contribution is -0.132. The number of nitrogens with zero attached hydrogens (tertiary/aromatic N) is 5. The Bertz CT molecular complexity index is 549. The number of hydrogen-bond donors (Lipinski definition) is 2. The molecule has 11 heteroatoms. The molecule has 154 valence electrons. The van der Waals surface area contributed by atoms with E-state index in [0.29, 0.717) is 19.0 Å². The molecule has 1 fully saturated rings. The molecule has 1 aromatic rings. The van der Waals surface area contributed by atoms with Gasteiger partial charge >= 0.3 is 6.18 Å². The fraction of sp³-hybridized carbons (Fsp3) is 0.688. The molecule has 0 aromatic carbocycles. The van der Waals surface area contributed by atoms with Crippen LogP contribution in [0.15, 0.2) is 23.5 Å². The van der Waals surface area contributed by atoms with E-state index in [4.69, 9.17) is 0 Å². The molecule has 0 bridgehead atoms. The molecule has 0 aliphatic carbocycles. The van der Waals surface area contributed by atoms with Gasteiger partial charge in [0, 0.05) is 58.2 Å². The van der Waals surface area contributed by atoms with Gasteiger partial charge in [-0.25, -0.2) is 9.97 Å². The van der Waals surface area contributed by atoms with Gasteiger partial charge in [-0.1, -0.05) is 0 Å². The average Bonchev–Trinajstić information content (AvgIpc) is 2.62. The molecule has 1 saturated heterocycles. The molecule has 0 spiro atoms. The highest BCUT2D eigenvalue weighted by Gasteiger charge is 2.26. The lowest BCUT2D eigenvalue weighted by Crippen LogP contribution is -2.49. The summed E-state index contributed by atoms with van der Waals surface area (Å²) in [5.41, 5.74) is 0. The Morgan fingerprint density at radius 1 is 1.15 bits per heavy atom. The number of halogens is 4. The smallest absolute Gasteiger partial charge is 0.357 e. The summed E-state index contributed by atoms with van der Waals surface area (Å²) in [6.45, 7) is 7.12. The van der Waals surface area contributed by atoms with Crippen molar-refractivity contribution in [2.75, 3.05) is 57.3 Å². The summed E-state index contributed by atoms with van der Waals surface area (Å²) in [6.07, 6.45) is -1.62. The van der Waals surface area contributed by atoms with E-state index in [1.165, 1.54) is 0 Å². The monoisotopic (exact) mass is 501 g/mol. The van der Waals surface area contributed by atoms with Crippen molar-refractivity contribution in [1.82, 2.24) is 25.5 Å². The second-order valence-electron chi connectivity index (χ2n) is 5.93. The number of rotatable bonds is 7. The van der Waals surface area contributed by atoms with Crippen molar-refractivity contribution in [2.24, 2.45) is 4.99 Å². The van der Waals surface area contributed by atoms with E-state index >= 15 is 0 Å². The molecule has 1 aromatic heterocycles. The first-order valence-corrected chi connectivity index (χ1v) is 8.81. The molecule has 2 rings (SSSR count). The van der Waals surface area contributed by atoms with Gasteiger partial charge in [0.05, 0.1) is 13.0 Å². The minimum Gasteiger partial charge on any atom is -0.357 e. The molecular formula is C16H27F3IN7. The van der Waals surface area contributed by atoms with Crippen LogP contribution in [-0.4, -0.2) is 79.4 Å². The molecule has 0 saturated carbocycles. The SMILES string of the molecule is CCNC(=NCCC(F)(F)F)NCCN1CCN(c2ncccn2)CC1.I. The largest absolute Gasteiger partial charge is 0.390 e. The minimum absolute atomic E-state index is 0. The zero-order chi connectivity index (χ0) is 18.8. The van der Waals surface area contributed by atoms with E-state index in [0.717, 1.165) is 38.7 Å². The Kier molecular flexibility index (Phi) is 10.7. The van der Waals surface area contributed by atoms with Crippen molar-refractivity contribution in [3.05, 3.63) is 18.5 Å².